The summed E-state index contributed by atoms with van der Waals surface area (Å²) < 4.78 is 5.79. The van der Waals surface area contributed by atoms with Crippen LogP contribution in [0.25, 0.3) is 0 Å². The Balaban J connectivity index is 2.03. The number of hydrogen-bond donors (Lipinski definition) is 0. The molecule has 3 fully saturated rings. The lowest BCUT2D eigenvalue weighted by Gasteiger charge is -2.26. The molecule has 82 valence electrons. The maximum atomic E-state index is 12.0. The summed E-state index contributed by atoms with van der Waals surface area (Å²) in [6.45, 7) is 4.32. The summed E-state index contributed by atoms with van der Waals surface area (Å²) in [7, 11) is 0. The van der Waals surface area contributed by atoms with E-state index in [9.17, 15) is 9.59 Å². The number of likely N-dealkylation sites (tertiary alicyclic amines) is 1. The fourth-order valence-corrected chi connectivity index (χ4v) is 3.45. The van der Waals surface area contributed by atoms with Crippen LogP contribution in [0.2, 0.25) is 0 Å². The molecule has 4 heteroatoms. The summed E-state index contributed by atoms with van der Waals surface area (Å²) in [6, 6.07) is 0. The maximum Gasteiger partial charge on any atom is 0.236 e. The quantitative estimate of drug-likeness (QED) is 0.593. The van der Waals surface area contributed by atoms with E-state index in [0.717, 1.165) is 12.8 Å². The van der Waals surface area contributed by atoms with Crippen molar-refractivity contribution in [3.63, 3.8) is 0 Å². The first-order chi connectivity index (χ1) is 7.08. The smallest absolute Gasteiger partial charge is 0.236 e. The highest BCUT2D eigenvalue weighted by Crippen LogP contribution is 2.54. The first-order valence-corrected chi connectivity index (χ1v) is 5.61. The number of rotatable bonds is 1. The van der Waals surface area contributed by atoms with Gasteiger partial charge in [-0.05, 0) is 26.7 Å². The predicted molar refractivity (Wildman–Crippen MR) is 51.9 cm³/mol. The molecule has 2 bridgehead atoms. The molecular weight excluding hydrogens is 194 g/mol. The highest BCUT2D eigenvalue weighted by atomic mass is 16.5. The Bertz CT molecular complexity index is 354. The molecule has 0 N–H and O–H groups in total. The molecule has 2 amide bonds. The van der Waals surface area contributed by atoms with Gasteiger partial charge in [0, 0.05) is 6.54 Å². The van der Waals surface area contributed by atoms with Gasteiger partial charge in [0.05, 0.1) is 23.5 Å². The van der Waals surface area contributed by atoms with Crippen molar-refractivity contribution < 1.29 is 14.3 Å². The molecule has 0 aromatic heterocycles. The molecule has 4 atom stereocenters. The van der Waals surface area contributed by atoms with Crippen LogP contribution < -0.4 is 0 Å². The van der Waals surface area contributed by atoms with Gasteiger partial charge in [-0.1, -0.05) is 0 Å². The van der Waals surface area contributed by atoms with Gasteiger partial charge in [-0.15, -0.1) is 0 Å². The minimum Gasteiger partial charge on any atom is -0.370 e. The average Bonchev–Trinajstić information content (AvgIpc) is 2.77. The molecular formula is C11H15NO3. The van der Waals surface area contributed by atoms with Crippen molar-refractivity contribution in [3.05, 3.63) is 0 Å². The lowest BCUT2D eigenvalue weighted by atomic mass is 9.74. The molecule has 3 saturated heterocycles. The van der Waals surface area contributed by atoms with Crippen molar-refractivity contribution in [1.29, 1.82) is 0 Å². The van der Waals surface area contributed by atoms with Crippen molar-refractivity contribution in [1.82, 2.24) is 4.90 Å². The van der Waals surface area contributed by atoms with Crippen molar-refractivity contribution in [2.75, 3.05) is 6.54 Å². The van der Waals surface area contributed by atoms with Gasteiger partial charge in [-0.25, -0.2) is 0 Å². The lowest BCUT2D eigenvalue weighted by molar-refractivity contribution is -0.144. The molecule has 0 radical (unpaired) electrons. The molecule has 3 aliphatic rings. The number of hydrogen-bond acceptors (Lipinski definition) is 3. The normalized spacial score (nSPS) is 47.9. The summed E-state index contributed by atoms with van der Waals surface area (Å²) >= 11 is 0. The predicted octanol–water partition coefficient (Wildman–Crippen LogP) is 0.559. The van der Waals surface area contributed by atoms with E-state index >= 15 is 0 Å². The van der Waals surface area contributed by atoms with Crippen LogP contribution >= 0.6 is 0 Å². The van der Waals surface area contributed by atoms with Crippen molar-refractivity contribution in [2.24, 2.45) is 11.8 Å². The molecule has 0 aliphatic carbocycles. The Morgan fingerprint density at radius 2 is 2.20 bits per heavy atom. The van der Waals surface area contributed by atoms with Gasteiger partial charge in [-0.2, -0.15) is 0 Å². The van der Waals surface area contributed by atoms with Crippen LogP contribution in [0, 0.1) is 11.8 Å². The molecule has 0 unspecified atom stereocenters. The van der Waals surface area contributed by atoms with E-state index in [1.807, 2.05) is 13.8 Å². The zero-order valence-electron chi connectivity index (χ0n) is 9.03. The van der Waals surface area contributed by atoms with Gasteiger partial charge in [0.2, 0.25) is 11.8 Å². The fourth-order valence-electron chi connectivity index (χ4n) is 3.45. The van der Waals surface area contributed by atoms with E-state index < -0.39 is 0 Å². The Labute approximate surface area is 88.6 Å². The van der Waals surface area contributed by atoms with Gasteiger partial charge in [0.1, 0.15) is 0 Å². The van der Waals surface area contributed by atoms with Crippen LogP contribution in [0.15, 0.2) is 0 Å². The molecule has 0 aromatic carbocycles. The number of amides is 2. The largest absolute Gasteiger partial charge is 0.370 e. The zero-order valence-corrected chi connectivity index (χ0v) is 9.03. The third-order valence-electron chi connectivity index (χ3n) is 4.16. The van der Waals surface area contributed by atoms with Crippen LogP contribution in [0.5, 0.6) is 0 Å². The van der Waals surface area contributed by atoms with E-state index in [1.54, 1.807) is 0 Å². The van der Waals surface area contributed by atoms with Gasteiger partial charge < -0.3 is 4.74 Å². The van der Waals surface area contributed by atoms with Gasteiger partial charge >= 0.3 is 0 Å². The van der Waals surface area contributed by atoms with Gasteiger partial charge in [-0.3, -0.25) is 14.5 Å². The molecule has 3 aliphatic heterocycles. The van der Waals surface area contributed by atoms with Crippen molar-refractivity contribution in [3.8, 4) is 0 Å². The number of carbonyl (C=O) groups excluding carboxylic acids is 2. The highest BCUT2D eigenvalue weighted by molar-refractivity contribution is 6.06. The van der Waals surface area contributed by atoms with Gasteiger partial charge in [0.25, 0.3) is 0 Å². The van der Waals surface area contributed by atoms with Crippen LogP contribution in [0.1, 0.15) is 26.7 Å². The molecule has 4 nitrogen and oxygen atoms in total. The first kappa shape index (κ1) is 9.33. The second kappa shape index (κ2) is 2.61. The number of fused-ring (bicyclic) bond motifs is 5. The van der Waals surface area contributed by atoms with E-state index in [1.165, 1.54) is 4.90 Å². The average molecular weight is 209 g/mol. The lowest BCUT2D eigenvalue weighted by Crippen LogP contribution is -2.39. The van der Waals surface area contributed by atoms with Crippen LogP contribution in [-0.2, 0) is 14.3 Å². The van der Waals surface area contributed by atoms with E-state index in [-0.39, 0.29) is 35.4 Å². The van der Waals surface area contributed by atoms with Crippen LogP contribution in [0.4, 0.5) is 0 Å². The standard InChI is InChI=1S/C11H15NO3/c1-3-12-9(13)7-6-4-5-11(2,15-6)8(7)10(12)14/h6-8H,3-5H2,1-2H3/t6-,7-,8+,11-/m1/s1. The molecule has 3 heterocycles. The molecule has 0 saturated carbocycles. The molecule has 0 spiro atoms. The number of carbonyl (C=O) groups is 2. The maximum absolute atomic E-state index is 12.0. The van der Waals surface area contributed by atoms with E-state index in [4.69, 9.17) is 4.74 Å². The Hall–Kier alpha value is -0.900. The Morgan fingerprint density at radius 1 is 1.47 bits per heavy atom. The van der Waals surface area contributed by atoms with Crippen molar-refractivity contribution in [2.45, 2.75) is 38.4 Å². The summed E-state index contributed by atoms with van der Waals surface area (Å²) in [4.78, 5) is 25.4. The van der Waals surface area contributed by atoms with E-state index in [2.05, 4.69) is 0 Å². The second-order valence-electron chi connectivity index (χ2n) is 4.93. The zero-order chi connectivity index (χ0) is 10.8. The summed E-state index contributed by atoms with van der Waals surface area (Å²) in [5, 5.41) is 0. The minimum atomic E-state index is -0.369. The van der Waals surface area contributed by atoms with Crippen molar-refractivity contribution >= 4 is 11.8 Å². The third kappa shape index (κ3) is 0.911. The highest BCUT2D eigenvalue weighted by Gasteiger charge is 2.67. The second-order valence-corrected chi connectivity index (χ2v) is 4.93. The number of nitrogens with zero attached hydrogens (tertiary/aromatic N) is 1. The van der Waals surface area contributed by atoms with Crippen LogP contribution in [0.3, 0.4) is 0 Å². The topological polar surface area (TPSA) is 46.6 Å². The van der Waals surface area contributed by atoms with E-state index in [0.29, 0.717) is 6.54 Å². The summed E-state index contributed by atoms with van der Waals surface area (Å²) in [6.07, 6.45) is 1.83. The first-order valence-electron chi connectivity index (χ1n) is 5.61. The molecule has 3 rings (SSSR count). The number of ether oxygens (including phenoxy) is 1. The Kier molecular flexibility index (Phi) is 1.63. The summed E-state index contributed by atoms with van der Waals surface area (Å²) in [5.41, 5.74) is -0.369. The third-order valence-corrected chi connectivity index (χ3v) is 4.16. The Morgan fingerprint density at radius 3 is 2.80 bits per heavy atom. The summed E-state index contributed by atoms with van der Waals surface area (Å²) in [5.74, 6) is -0.418. The monoisotopic (exact) mass is 209 g/mol. The fraction of sp³-hybridized carbons (Fsp3) is 0.818. The minimum absolute atomic E-state index is 0.00648. The molecule has 15 heavy (non-hydrogen) atoms. The van der Waals surface area contributed by atoms with Crippen LogP contribution in [-0.4, -0.2) is 35.0 Å². The molecule has 0 aromatic rings. The SMILES string of the molecule is CCN1C(=O)[C@H]2[C@@H](C1=O)[C@@]1(C)CC[C@H]2O1. The van der Waals surface area contributed by atoms with Gasteiger partial charge in [0.15, 0.2) is 0 Å². The number of imide groups is 1.